The van der Waals surface area contributed by atoms with E-state index in [1.807, 2.05) is 42.3 Å². The van der Waals surface area contributed by atoms with Gasteiger partial charge in [-0.1, -0.05) is 62.9 Å². The van der Waals surface area contributed by atoms with Gasteiger partial charge in [-0.15, -0.1) is 0 Å². The number of hydrogen-bond donors (Lipinski definition) is 0. The number of carbonyl (C=O) groups excluding carboxylic acids is 1. The molecule has 0 bridgehead atoms. The molecule has 0 N–H and O–H groups in total. The Morgan fingerprint density at radius 3 is 2.39 bits per heavy atom. The number of amides is 1. The second-order valence-electron chi connectivity index (χ2n) is 4.89. The number of benzene rings is 1. The van der Waals surface area contributed by atoms with Gasteiger partial charge in [0.05, 0.1) is 6.42 Å². The number of nitrogens with zero attached hydrogens (tertiary/aromatic N) is 1. The molecule has 0 radical (unpaired) electrons. The van der Waals surface area contributed by atoms with E-state index in [0.717, 1.165) is 18.5 Å². The minimum Gasteiger partial charge on any atom is -0.345 e. The summed E-state index contributed by atoms with van der Waals surface area (Å²) in [5.74, 6) is 0.219. The fraction of sp³-hybridized carbons (Fsp3) is 0.562. The van der Waals surface area contributed by atoms with Crippen LogP contribution in [0.25, 0.3) is 0 Å². The van der Waals surface area contributed by atoms with Crippen LogP contribution in [0.3, 0.4) is 0 Å². The fourth-order valence-corrected chi connectivity index (χ4v) is 1.98. The molecule has 0 aliphatic heterocycles. The molecule has 1 rings (SSSR count). The summed E-state index contributed by atoms with van der Waals surface area (Å²) in [4.78, 5) is 13.8. The molecule has 0 aromatic heterocycles. The molecular formula is C16H25NO. The van der Waals surface area contributed by atoms with E-state index in [4.69, 9.17) is 0 Å². The van der Waals surface area contributed by atoms with Crippen LogP contribution < -0.4 is 0 Å². The van der Waals surface area contributed by atoms with Gasteiger partial charge in [-0.3, -0.25) is 4.79 Å². The Balaban J connectivity index is 2.21. The second kappa shape index (κ2) is 8.73. The largest absolute Gasteiger partial charge is 0.345 e. The van der Waals surface area contributed by atoms with Gasteiger partial charge in [0.1, 0.15) is 0 Å². The minimum atomic E-state index is 0.219. The van der Waals surface area contributed by atoms with Gasteiger partial charge in [-0.2, -0.15) is 0 Å². The van der Waals surface area contributed by atoms with E-state index in [1.54, 1.807) is 0 Å². The maximum atomic E-state index is 12.0. The molecule has 0 fully saturated rings. The lowest BCUT2D eigenvalue weighted by atomic mass is 10.1. The highest BCUT2D eigenvalue weighted by Gasteiger charge is 2.08. The average molecular weight is 247 g/mol. The quantitative estimate of drug-likeness (QED) is 0.642. The summed E-state index contributed by atoms with van der Waals surface area (Å²) in [6, 6.07) is 9.95. The Labute approximate surface area is 111 Å². The van der Waals surface area contributed by atoms with E-state index in [-0.39, 0.29) is 5.91 Å². The zero-order valence-corrected chi connectivity index (χ0v) is 11.7. The summed E-state index contributed by atoms with van der Waals surface area (Å²) in [6.45, 7) is 3.10. The van der Waals surface area contributed by atoms with Crippen LogP contribution in [0.5, 0.6) is 0 Å². The van der Waals surface area contributed by atoms with Gasteiger partial charge in [0.15, 0.2) is 0 Å². The van der Waals surface area contributed by atoms with Crippen molar-refractivity contribution >= 4 is 5.91 Å². The lowest BCUT2D eigenvalue weighted by molar-refractivity contribution is -0.129. The van der Waals surface area contributed by atoms with Crippen molar-refractivity contribution in [1.29, 1.82) is 0 Å². The molecule has 2 nitrogen and oxygen atoms in total. The number of likely N-dealkylation sites (N-methyl/N-ethyl adjacent to an activating group) is 1. The molecule has 0 aliphatic carbocycles. The van der Waals surface area contributed by atoms with Crippen molar-refractivity contribution in [3.05, 3.63) is 35.9 Å². The monoisotopic (exact) mass is 247 g/mol. The first-order valence-electron chi connectivity index (χ1n) is 7.02. The molecule has 100 valence electrons. The van der Waals surface area contributed by atoms with Crippen LogP contribution in [-0.2, 0) is 11.2 Å². The van der Waals surface area contributed by atoms with Gasteiger partial charge in [0.2, 0.25) is 5.91 Å². The van der Waals surface area contributed by atoms with Crippen LogP contribution in [0.2, 0.25) is 0 Å². The Bertz CT molecular complexity index is 334. The molecular weight excluding hydrogens is 222 g/mol. The summed E-state index contributed by atoms with van der Waals surface area (Å²) < 4.78 is 0. The normalized spacial score (nSPS) is 10.3. The standard InChI is InChI=1S/C16H25NO/c1-3-4-5-6-10-13-17(2)16(18)14-15-11-8-7-9-12-15/h7-9,11-12H,3-6,10,13-14H2,1-2H3. The number of carbonyl (C=O) groups is 1. The predicted octanol–water partition coefficient (Wildman–Crippen LogP) is 3.66. The van der Waals surface area contributed by atoms with Crippen LogP contribution in [0, 0.1) is 0 Å². The van der Waals surface area contributed by atoms with Crippen molar-refractivity contribution in [3.63, 3.8) is 0 Å². The van der Waals surface area contributed by atoms with E-state index in [9.17, 15) is 4.79 Å². The van der Waals surface area contributed by atoms with Crippen molar-refractivity contribution in [3.8, 4) is 0 Å². The molecule has 0 saturated carbocycles. The Morgan fingerprint density at radius 1 is 1.06 bits per heavy atom. The molecule has 0 unspecified atom stereocenters. The van der Waals surface area contributed by atoms with Gasteiger partial charge in [-0.05, 0) is 12.0 Å². The first-order valence-corrected chi connectivity index (χ1v) is 7.02. The highest BCUT2D eigenvalue weighted by molar-refractivity contribution is 5.78. The van der Waals surface area contributed by atoms with Crippen LogP contribution >= 0.6 is 0 Å². The van der Waals surface area contributed by atoms with Gasteiger partial charge in [0, 0.05) is 13.6 Å². The van der Waals surface area contributed by atoms with Crippen molar-refractivity contribution in [2.45, 2.75) is 45.4 Å². The van der Waals surface area contributed by atoms with Crippen LogP contribution in [-0.4, -0.2) is 24.4 Å². The first-order chi connectivity index (χ1) is 8.74. The molecule has 1 aromatic carbocycles. The van der Waals surface area contributed by atoms with E-state index < -0.39 is 0 Å². The average Bonchev–Trinajstić information content (AvgIpc) is 2.39. The summed E-state index contributed by atoms with van der Waals surface area (Å²) in [5.41, 5.74) is 1.10. The fourth-order valence-electron chi connectivity index (χ4n) is 1.98. The van der Waals surface area contributed by atoms with Gasteiger partial charge in [-0.25, -0.2) is 0 Å². The zero-order chi connectivity index (χ0) is 13.2. The molecule has 2 heteroatoms. The molecule has 1 aromatic rings. The molecule has 1 amide bonds. The topological polar surface area (TPSA) is 20.3 Å². The lowest BCUT2D eigenvalue weighted by Crippen LogP contribution is -2.29. The maximum absolute atomic E-state index is 12.0. The summed E-state index contributed by atoms with van der Waals surface area (Å²) in [6.07, 6.45) is 6.74. The van der Waals surface area contributed by atoms with Gasteiger partial charge in [0.25, 0.3) is 0 Å². The Hall–Kier alpha value is -1.31. The summed E-state index contributed by atoms with van der Waals surface area (Å²) in [7, 11) is 1.91. The minimum absolute atomic E-state index is 0.219. The molecule has 0 heterocycles. The van der Waals surface area contributed by atoms with Crippen molar-refractivity contribution in [2.24, 2.45) is 0 Å². The smallest absolute Gasteiger partial charge is 0.226 e. The van der Waals surface area contributed by atoms with Gasteiger partial charge >= 0.3 is 0 Å². The Morgan fingerprint density at radius 2 is 1.72 bits per heavy atom. The second-order valence-corrected chi connectivity index (χ2v) is 4.89. The third kappa shape index (κ3) is 5.85. The number of unbranched alkanes of at least 4 members (excludes halogenated alkanes) is 4. The van der Waals surface area contributed by atoms with E-state index >= 15 is 0 Å². The lowest BCUT2D eigenvalue weighted by Gasteiger charge is -2.17. The number of hydrogen-bond acceptors (Lipinski definition) is 1. The number of rotatable bonds is 8. The highest BCUT2D eigenvalue weighted by atomic mass is 16.2. The van der Waals surface area contributed by atoms with Crippen molar-refractivity contribution < 1.29 is 4.79 Å². The van der Waals surface area contributed by atoms with Crippen LogP contribution in [0.1, 0.15) is 44.6 Å². The van der Waals surface area contributed by atoms with Gasteiger partial charge < -0.3 is 4.90 Å². The Kier molecular flexibility index (Phi) is 7.16. The predicted molar refractivity (Wildman–Crippen MR) is 76.5 cm³/mol. The molecule has 18 heavy (non-hydrogen) atoms. The molecule has 0 saturated heterocycles. The zero-order valence-electron chi connectivity index (χ0n) is 11.7. The molecule has 0 atom stereocenters. The molecule has 0 spiro atoms. The molecule has 0 aliphatic rings. The SMILES string of the molecule is CCCCCCCN(C)C(=O)Cc1ccccc1. The maximum Gasteiger partial charge on any atom is 0.226 e. The summed E-state index contributed by atoms with van der Waals surface area (Å²) in [5, 5.41) is 0. The van der Waals surface area contributed by atoms with Crippen LogP contribution in [0.4, 0.5) is 0 Å². The highest BCUT2D eigenvalue weighted by Crippen LogP contribution is 2.05. The van der Waals surface area contributed by atoms with Crippen molar-refractivity contribution in [2.75, 3.05) is 13.6 Å². The third-order valence-electron chi connectivity index (χ3n) is 3.22. The summed E-state index contributed by atoms with van der Waals surface area (Å²) >= 11 is 0. The van der Waals surface area contributed by atoms with E-state index in [1.165, 1.54) is 25.7 Å². The van der Waals surface area contributed by atoms with Crippen LogP contribution in [0.15, 0.2) is 30.3 Å². The van der Waals surface area contributed by atoms with Crippen molar-refractivity contribution in [1.82, 2.24) is 4.90 Å². The first kappa shape index (κ1) is 14.7. The van der Waals surface area contributed by atoms with E-state index in [0.29, 0.717) is 6.42 Å². The van der Waals surface area contributed by atoms with E-state index in [2.05, 4.69) is 6.92 Å². The third-order valence-corrected chi connectivity index (χ3v) is 3.22.